The third kappa shape index (κ3) is 7.08. The Bertz CT molecular complexity index is 1030. The van der Waals surface area contributed by atoms with E-state index < -0.39 is 77.5 Å². The molecule has 15 heteroatoms. The van der Waals surface area contributed by atoms with Gasteiger partial charge in [0, 0.05) is 18.2 Å². The molecule has 1 fully saturated rings. The molecule has 1 saturated carbocycles. The summed E-state index contributed by atoms with van der Waals surface area (Å²) in [6, 6.07) is 0.0785. The molecule has 0 radical (unpaired) electrons. The second-order valence-corrected chi connectivity index (χ2v) is 11.5. The van der Waals surface area contributed by atoms with Crippen LogP contribution in [0, 0.1) is 17.8 Å². The van der Waals surface area contributed by atoms with E-state index in [0.717, 1.165) is 6.42 Å². The molecule has 0 aliphatic heterocycles. The van der Waals surface area contributed by atoms with Crippen LogP contribution in [-0.2, 0) is 25.4 Å². The van der Waals surface area contributed by atoms with Crippen LogP contribution in [0.25, 0.3) is 0 Å². The summed E-state index contributed by atoms with van der Waals surface area (Å²) in [7, 11) is 0.0119. The molecular formula is C28H36F12O3. The molecule has 4 atom stereocenters. The van der Waals surface area contributed by atoms with E-state index in [1.165, 1.54) is 13.8 Å². The average molecular weight is 649 g/mol. The van der Waals surface area contributed by atoms with Crippen LogP contribution in [0.15, 0.2) is 18.2 Å². The Morgan fingerprint density at radius 2 is 1.21 bits per heavy atom. The van der Waals surface area contributed by atoms with Crippen LogP contribution < -0.4 is 0 Å². The number of methoxy groups -OCH3 is 1. The van der Waals surface area contributed by atoms with Gasteiger partial charge in [-0.15, -0.1) is 0 Å². The number of hydrogen-bond donors (Lipinski definition) is 0. The van der Waals surface area contributed by atoms with Gasteiger partial charge in [-0.05, 0) is 54.6 Å². The highest BCUT2D eigenvalue weighted by atomic mass is 19.4. The van der Waals surface area contributed by atoms with Gasteiger partial charge in [0.05, 0.1) is 6.10 Å². The number of ether oxygens (including phenoxy) is 3. The molecular weight excluding hydrogens is 612 g/mol. The van der Waals surface area contributed by atoms with E-state index in [-0.39, 0.29) is 43.4 Å². The quantitative estimate of drug-likeness (QED) is 0.187. The first kappa shape index (κ1) is 37.4. The van der Waals surface area contributed by atoms with Crippen LogP contribution in [0.4, 0.5) is 52.7 Å². The highest BCUT2D eigenvalue weighted by molar-refractivity contribution is 5.42. The summed E-state index contributed by atoms with van der Waals surface area (Å²) in [5.41, 5.74) is -15.3. The zero-order valence-corrected chi connectivity index (χ0v) is 24.4. The van der Waals surface area contributed by atoms with Gasteiger partial charge < -0.3 is 14.2 Å². The average Bonchev–Trinajstić information content (AvgIpc) is 2.83. The van der Waals surface area contributed by atoms with Gasteiger partial charge in [-0.3, -0.25) is 0 Å². The van der Waals surface area contributed by atoms with Crippen molar-refractivity contribution < 1.29 is 66.9 Å². The predicted octanol–water partition coefficient (Wildman–Crippen LogP) is 9.94. The van der Waals surface area contributed by atoms with E-state index in [2.05, 4.69) is 9.47 Å². The van der Waals surface area contributed by atoms with Crippen molar-refractivity contribution in [2.24, 2.45) is 17.8 Å². The second-order valence-electron chi connectivity index (χ2n) is 11.5. The molecule has 0 aromatic heterocycles. The van der Waals surface area contributed by atoms with Gasteiger partial charge in [0.25, 0.3) is 11.2 Å². The molecule has 0 spiro atoms. The zero-order chi connectivity index (χ0) is 33.4. The van der Waals surface area contributed by atoms with E-state index in [9.17, 15) is 52.7 Å². The molecule has 0 amide bonds. The summed E-state index contributed by atoms with van der Waals surface area (Å²) in [5, 5.41) is 0. The first-order valence-corrected chi connectivity index (χ1v) is 13.6. The van der Waals surface area contributed by atoms with Gasteiger partial charge >= 0.3 is 24.7 Å². The molecule has 43 heavy (non-hydrogen) atoms. The van der Waals surface area contributed by atoms with Crippen molar-refractivity contribution in [2.45, 2.75) is 108 Å². The summed E-state index contributed by atoms with van der Waals surface area (Å²) in [6.45, 7) is 6.47. The van der Waals surface area contributed by atoms with Crippen molar-refractivity contribution in [1.82, 2.24) is 0 Å². The van der Waals surface area contributed by atoms with Crippen molar-refractivity contribution in [1.29, 1.82) is 0 Å². The van der Waals surface area contributed by atoms with Crippen LogP contribution in [0.3, 0.4) is 0 Å². The van der Waals surface area contributed by atoms with Gasteiger partial charge in [-0.1, -0.05) is 53.2 Å². The van der Waals surface area contributed by atoms with Gasteiger partial charge in [-0.25, -0.2) is 0 Å². The summed E-state index contributed by atoms with van der Waals surface area (Å²) >= 11 is 0. The van der Waals surface area contributed by atoms with Gasteiger partial charge in [0.2, 0.25) is 0 Å². The maximum absolute atomic E-state index is 14.6. The van der Waals surface area contributed by atoms with E-state index >= 15 is 0 Å². The number of alkyl halides is 12. The lowest BCUT2D eigenvalue weighted by Crippen LogP contribution is -2.58. The molecule has 0 heterocycles. The minimum absolute atomic E-state index is 0.0119. The standard InChI is InChI=1S/C28H36F12O3/c1-7-17(5)18-11-19(23(41-6,25(29,30)31)26(32,33)34)13-20(12-18)24(27(35,36)37,28(38,39)40)43-14-42-22-10-16(4)8-9-21(22)15(2)3/h11-13,15-17,21-22H,7-10,14H2,1-6H3/t16-,17?,21+,22?/m1/s1. The fraction of sp³-hybridized carbons (Fsp3) is 0.786. The highest BCUT2D eigenvalue weighted by Crippen LogP contribution is 2.57. The van der Waals surface area contributed by atoms with Crippen LogP contribution in [0.5, 0.6) is 0 Å². The van der Waals surface area contributed by atoms with Gasteiger partial charge in [0.1, 0.15) is 6.79 Å². The summed E-state index contributed by atoms with van der Waals surface area (Å²) < 4.78 is 186. The zero-order valence-electron chi connectivity index (χ0n) is 24.4. The first-order valence-electron chi connectivity index (χ1n) is 13.6. The minimum Gasteiger partial charge on any atom is -0.357 e. The van der Waals surface area contributed by atoms with Crippen molar-refractivity contribution in [3.63, 3.8) is 0 Å². The molecule has 1 aliphatic carbocycles. The fourth-order valence-electron chi connectivity index (χ4n) is 5.67. The minimum atomic E-state index is -6.40. The van der Waals surface area contributed by atoms with Crippen LogP contribution >= 0.6 is 0 Å². The molecule has 2 rings (SSSR count). The number of hydrogen-bond acceptors (Lipinski definition) is 3. The van der Waals surface area contributed by atoms with E-state index in [1.54, 1.807) is 13.8 Å². The molecule has 250 valence electrons. The molecule has 0 saturated heterocycles. The van der Waals surface area contributed by atoms with E-state index in [1.807, 2.05) is 6.92 Å². The normalized spacial score (nSPS) is 22.3. The Labute approximate surface area is 242 Å². The monoisotopic (exact) mass is 648 g/mol. The topological polar surface area (TPSA) is 27.7 Å². The summed E-state index contributed by atoms with van der Waals surface area (Å²) in [5.74, 6) is -1.29. The van der Waals surface area contributed by atoms with Crippen molar-refractivity contribution in [3.05, 3.63) is 34.9 Å². The SMILES string of the molecule is CCC(C)c1cc(C(OC)(C(F)(F)F)C(F)(F)F)cc(C(OCOC2C[C@H](C)CC[C@H]2C(C)C)(C(F)(F)F)C(F)(F)F)c1. The van der Waals surface area contributed by atoms with Crippen molar-refractivity contribution in [2.75, 3.05) is 13.9 Å². The number of halogens is 12. The fourth-order valence-corrected chi connectivity index (χ4v) is 5.67. The summed E-state index contributed by atoms with van der Waals surface area (Å²) in [4.78, 5) is 0. The predicted molar refractivity (Wildman–Crippen MR) is 132 cm³/mol. The molecule has 3 nitrogen and oxygen atoms in total. The van der Waals surface area contributed by atoms with E-state index in [4.69, 9.17) is 4.74 Å². The van der Waals surface area contributed by atoms with Gasteiger partial charge in [-0.2, -0.15) is 52.7 Å². The lowest BCUT2D eigenvalue weighted by atomic mass is 9.75. The van der Waals surface area contributed by atoms with Crippen LogP contribution in [-0.4, -0.2) is 44.7 Å². The number of rotatable bonds is 10. The lowest BCUT2D eigenvalue weighted by Gasteiger charge is -2.41. The van der Waals surface area contributed by atoms with Crippen molar-refractivity contribution in [3.8, 4) is 0 Å². The third-order valence-electron chi connectivity index (χ3n) is 8.37. The Balaban J connectivity index is 2.86. The Hall–Kier alpha value is -1.74. The molecule has 1 aliphatic rings. The largest absolute Gasteiger partial charge is 0.430 e. The lowest BCUT2D eigenvalue weighted by molar-refractivity contribution is -0.404. The molecule has 2 unspecified atom stereocenters. The van der Waals surface area contributed by atoms with Crippen molar-refractivity contribution >= 4 is 0 Å². The maximum atomic E-state index is 14.6. The Kier molecular flexibility index (Phi) is 11.3. The molecule has 1 aromatic carbocycles. The Morgan fingerprint density at radius 1 is 0.744 bits per heavy atom. The second kappa shape index (κ2) is 12.9. The molecule has 1 aromatic rings. The molecule has 0 N–H and O–H groups in total. The smallest absolute Gasteiger partial charge is 0.357 e. The number of benzene rings is 1. The first-order chi connectivity index (χ1) is 19.4. The highest BCUT2D eigenvalue weighted by Gasteiger charge is 2.76. The third-order valence-corrected chi connectivity index (χ3v) is 8.37. The van der Waals surface area contributed by atoms with Crippen LogP contribution in [0.1, 0.15) is 82.9 Å². The van der Waals surface area contributed by atoms with E-state index in [0.29, 0.717) is 12.8 Å². The van der Waals surface area contributed by atoms with Crippen LogP contribution in [0.2, 0.25) is 0 Å². The Morgan fingerprint density at radius 3 is 1.60 bits per heavy atom. The molecule has 0 bridgehead atoms. The van der Waals surface area contributed by atoms with Gasteiger partial charge in [0.15, 0.2) is 0 Å². The summed E-state index contributed by atoms with van der Waals surface area (Å²) in [6.07, 6.45) is -24.7. The maximum Gasteiger partial charge on any atom is 0.430 e.